The van der Waals surface area contributed by atoms with Crippen molar-refractivity contribution in [3.8, 4) is 5.75 Å². The summed E-state index contributed by atoms with van der Waals surface area (Å²) in [7, 11) is 0. The van der Waals surface area contributed by atoms with Crippen molar-refractivity contribution in [2.24, 2.45) is 0 Å². The number of carbonyl (C=O) groups excluding carboxylic acids is 1. The highest BCUT2D eigenvalue weighted by Crippen LogP contribution is 2.34. The number of aliphatic hydroxyl groups excluding tert-OH is 2. The van der Waals surface area contributed by atoms with E-state index in [1.54, 1.807) is 12.1 Å². The molecule has 5 aromatic rings. The second-order valence-corrected chi connectivity index (χ2v) is 10.4. The molecule has 1 aliphatic rings. The first kappa shape index (κ1) is 27.8. The van der Waals surface area contributed by atoms with E-state index >= 15 is 0 Å². The first-order valence-electron chi connectivity index (χ1n) is 14.9. The molecule has 6 rings (SSSR count). The summed E-state index contributed by atoms with van der Waals surface area (Å²) >= 11 is 0. The summed E-state index contributed by atoms with van der Waals surface area (Å²) in [6.45, 7) is 0.512. The van der Waals surface area contributed by atoms with Crippen LogP contribution in [0.3, 0.4) is 0 Å². The number of phenolic OH excluding ortho intramolecular Hbond substituents is 1. The lowest BCUT2D eigenvalue weighted by Gasteiger charge is -2.20. The Kier molecular flexibility index (Phi) is 8.00. The number of imidazole rings is 1. The lowest BCUT2D eigenvalue weighted by atomic mass is 9.91. The van der Waals surface area contributed by atoms with Crippen molar-refractivity contribution in [3.05, 3.63) is 102 Å². The third-order valence-corrected chi connectivity index (χ3v) is 7.49. The third-order valence-electron chi connectivity index (χ3n) is 7.49. The van der Waals surface area contributed by atoms with E-state index in [0.717, 1.165) is 11.1 Å². The van der Waals surface area contributed by atoms with Crippen molar-refractivity contribution < 1.29 is 26.2 Å². The molecule has 1 unspecified atom stereocenters. The molecular formula is C32H33N7O5. The van der Waals surface area contributed by atoms with Crippen molar-refractivity contribution in [1.29, 1.82) is 0 Å². The molecule has 12 heteroatoms. The maximum Gasteiger partial charge on any atom is 0.252 e. The number of ether oxygens (including phenoxy) is 1. The van der Waals surface area contributed by atoms with Gasteiger partial charge in [0.25, 0.3) is 5.91 Å². The van der Waals surface area contributed by atoms with Crippen LogP contribution in [-0.4, -0.2) is 72.1 Å². The number of aliphatic hydroxyl groups is 2. The van der Waals surface area contributed by atoms with Gasteiger partial charge < -0.3 is 36.0 Å². The van der Waals surface area contributed by atoms with Gasteiger partial charge in [0.15, 0.2) is 29.3 Å². The number of phenols is 1. The molecule has 0 bridgehead atoms. The van der Waals surface area contributed by atoms with Crippen molar-refractivity contribution in [3.63, 3.8) is 0 Å². The van der Waals surface area contributed by atoms with Gasteiger partial charge in [0, 0.05) is 26.1 Å². The molecule has 0 saturated carbocycles. The number of aromatic nitrogens is 4. The van der Waals surface area contributed by atoms with Gasteiger partial charge in [-0.2, -0.15) is 9.97 Å². The Morgan fingerprint density at radius 2 is 1.66 bits per heavy atom. The highest BCUT2D eigenvalue weighted by atomic mass is 16.6. The second-order valence-electron chi connectivity index (χ2n) is 10.4. The van der Waals surface area contributed by atoms with Gasteiger partial charge in [0.2, 0.25) is 5.95 Å². The van der Waals surface area contributed by atoms with E-state index in [-0.39, 0.29) is 36.7 Å². The van der Waals surface area contributed by atoms with Gasteiger partial charge in [-0.25, -0.2) is 4.98 Å². The van der Waals surface area contributed by atoms with Crippen LogP contribution in [0.1, 0.15) is 31.5 Å². The molecule has 3 heterocycles. The highest BCUT2D eigenvalue weighted by molar-refractivity contribution is 5.85. The maximum absolute atomic E-state index is 12.6. The van der Waals surface area contributed by atoms with E-state index < -0.39 is 30.4 Å². The number of nitrogens with one attached hydrogen (secondary N) is 3. The van der Waals surface area contributed by atoms with Crippen LogP contribution in [0.2, 0.25) is 0 Å². The number of amides is 1. The smallest absolute Gasteiger partial charge is 0.252 e. The molecule has 1 saturated heterocycles. The molecule has 2 aromatic heterocycles. The van der Waals surface area contributed by atoms with Gasteiger partial charge in [-0.05, 0) is 42.3 Å². The first-order valence-corrected chi connectivity index (χ1v) is 14.2. The van der Waals surface area contributed by atoms with Crippen molar-refractivity contribution in [2.45, 2.75) is 37.4 Å². The molecule has 12 nitrogen and oxygen atoms in total. The van der Waals surface area contributed by atoms with Crippen molar-refractivity contribution >= 4 is 34.5 Å². The molecule has 3 aromatic carbocycles. The van der Waals surface area contributed by atoms with E-state index in [4.69, 9.17) is 11.1 Å². The van der Waals surface area contributed by atoms with Gasteiger partial charge in [0.1, 0.15) is 18.0 Å². The predicted molar refractivity (Wildman–Crippen MR) is 165 cm³/mol. The Bertz CT molecular complexity index is 1700. The van der Waals surface area contributed by atoms with Crippen LogP contribution >= 0.6 is 0 Å². The van der Waals surface area contributed by atoms with Crippen LogP contribution in [0.25, 0.3) is 11.2 Å². The summed E-state index contributed by atoms with van der Waals surface area (Å²) in [6.07, 6.45) is -4.08. The van der Waals surface area contributed by atoms with E-state index in [9.17, 15) is 20.1 Å². The van der Waals surface area contributed by atoms with Gasteiger partial charge in [-0.1, -0.05) is 60.7 Å². The number of hydrogen-bond donors (Lipinski definition) is 6. The molecule has 1 amide bonds. The Morgan fingerprint density at radius 1 is 0.977 bits per heavy atom. The number of carbonyl (C=O) groups is 1. The largest absolute Gasteiger partial charge is 0.508 e. The van der Waals surface area contributed by atoms with E-state index in [1.165, 1.54) is 23.0 Å². The molecule has 44 heavy (non-hydrogen) atoms. The highest BCUT2D eigenvalue weighted by Gasteiger charge is 2.47. The normalized spacial score (nSPS) is 20.0. The lowest BCUT2D eigenvalue weighted by molar-refractivity contribution is -0.137. The Labute approximate surface area is 254 Å². The Hall–Kier alpha value is -5.04. The molecule has 226 valence electrons. The summed E-state index contributed by atoms with van der Waals surface area (Å²) < 4.78 is 14.6. The minimum Gasteiger partial charge on any atom is -0.508 e. The fourth-order valence-electron chi connectivity index (χ4n) is 5.28. The summed E-state index contributed by atoms with van der Waals surface area (Å²) in [5, 5.41) is 40.4. The van der Waals surface area contributed by atoms with Gasteiger partial charge >= 0.3 is 0 Å². The summed E-state index contributed by atoms with van der Waals surface area (Å²) in [6, 6.07) is 26.6. The van der Waals surface area contributed by atoms with E-state index in [1.807, 2.05) is 36.4 Å². The van der Waals surface area contributed by atoms with Crippen molar-refractivity contribution in [1.82, 2.24) is 24.8 Å². The summed E-state index contributed by atoms with van der Waals surface area (Å²) in [4.78, 5) is 26.5. The zero-order chi connectivity index (χ0) is 31.3. The van der Waals surface area contributed by atoms with Crippen LogP contribution in [0.4, 0.5) is 17.5 Å². The first-order chi connectivity index (χ1) is 21.9. The number of rotatable bonds is 10. The number of anilines is 3. The fourth-order valence-corrected chi connectivity index (χ4v) is 5.28. The predicted octanol–water partition coefficient (Wildman–Crippen LogP) is 3.27. The minimum atomic E-state index is -1.51. The number of hydrogen-bond acceptors (Lipinski definition) is 10. The minimum absolute atomic E-state index is 0.0221. The fraction of sp³-hybridized carbons (Fsp3) is 0.250. The van der Waals surface area contributed by atoms with Crippen LogP contribution in [-0.2, 0) is 9.53 Å². The molecule has 1 aliphatic heterocycles. The quantitative estimate of drug-likeness (QED) is 0.132. The topological polar surface area (TPSA) is 167 Å². The van der Waals surface area contributed by atoms with Gasteiger partial charge in [-0.3, -0.25) is 9.36 Å². The summed E-state index contributed by atoms with van der Waals surface area (Å²) in [5.74, 6) is 0.0738. The Balaban J connectivity index is 1.36. The molecule has 4 atom stereocenters. The molecule has 0 aliphatic carbocycles. The number of fused-ring (bicyclic) bond motifs is 1. The van der Waals surface area contributed by atoms with E-state index in [2.05, 4.69) is 50.2 Å². The number of nitrogens with zero attached hydrogens (tertiary/aromatic N) is 4. The molecule has 0 spiro atoms. The zero-order valence-corrected chi connectivity index (χ0v) is 23.6. The van der Waals surface area contributed by atoms with Crippen LogP contribution in [0, 0.1) is 0 Å². The Morgan fingerprint density at radius 3 is 2.32 bits per heavy atom. The number of benzene rings is 3. The molecule has 6 N–H and O–H groups in total. The van der Waals surface area contributed by atoms with Crippen LogP contribution in [0.15, 0.2) is 91.3 Å². The van der Waals surface area contributed by atoms with Crippen LogP contribution in [0.5, 0.6) is 5.75 Å². The van der Waals surface area contributed by atoms with E-state index in [0.29, 0.717) is 23.6 Å². The van der Waals surface area contributed by atoms with Crippen LogP contribution < -0.4 is 16.0 Å². The average molecular weight is 597 g/mol. The lowest BCUT2D eigenvalue weighted by Crippen LogP contribution is -2.42. The zero-order valence-electron chi connectivity index (χ0n) is 24.6. The number of likely N-dealkylation sites (N-methyl/N-ethyl adjacent to an activating group) is 1. The average Bonchev–Trinajstić information content (AvgIpc) is 3.62. The molecule has 1 fully saturated rings. The third kappa shape index (κ3) is 5.91. The van der Waals surface area contributed by atoms with Crippen molar-refractivity contribution in [2.75, 3.05) is 23.7 Å². The van der Waals surface area contributed by atoms with Gasteiger partial charge in [0.05, 0.1) is 6.33 Å². The monoisotopic (exact) mass is 596 g/mol. The standard InChI is InChI=1S/C32H33N7O5/c1-2-33-30(43)27-25(41)26(42)31(44-27)39-18-35-24-28(37-32(38-29(24)39)36-21-13-15-22(40)16-14-21)34-17-23(19-9-5-3-6-10-19)20-11-7-4-8-12-20/h3-16,18,23,25-27,31,40-42H,2,17H2,1H3,(H,33,43)(H2,34,36,37,38)/t25-,26+,27-,31?/m0/s1/i1D. The maximum atomic E-state index is 12.6. The summed E-state index contributed by atoms with van der Waals surface area (Å²) in [5.41, 5.74) is 3.52. The molecular weight excluding hydrogens is 562 g/mol. The molecule has 0 radical (unpaired) electrons. The second kappa shape index (κ2) is 12.7. The SMILES string of the molecule is [2H]CCNC(=O)[C@H]1OC(n2cnc3c(NCC(c4ccccc4)c4ccccc4)nc(Nc4ccc(O)cc4)nc32)[C@H](O)[C@@H]1O. The number of aromatic hydroxyl groups is 1. The van der Waals surface area contributed by atoms with Gasteiger partial charge in [-0.15, -0.1) is 0 Å².